The fraction of sp³-hybridized carbons (Fsp3) is 0.150. The summed E-state index contributed by atoms with van der Waals surface area (Å²) in [5.41, 5.74) is 3.33. The van der Waals surface area contributed by atoms with Crippen molar-refractivity contribution < 1.29 is 4.79 Å². The number of nitrogens with zero attached hydrogens (tertiary/aromatic N) is 4. The number of halogens is 2. The minimum Gasteiger partial charge on any atom is -0.329 e. The lowest BCUT2D eigenvalue weighted by Gasteiger charge is -2.07. The molecule has 2 heterocycles. The Morgan fingerprint density at radius 3 is 2.55 bits per heavy atom. The van der Waals surface area contributed by atoms with Crippen molar-refractivity contribution in [2.45, 2.75) is 5.16 Å². The molecule has 0 aliphatic carbocycles. The van der Waals surface area contributed by atoms with E-state index < -0.39 is 0 Å². The molecule has 4 rings (SSSR count). The number of amides is 1. The van der Waals surface area contributed by atoms with Crippen LogP contribution in [0, 0.1) is 0 Å². The first kappa shape index (κ1) is 19.8. The van der Waals surface area contributed by atoms with Crippen molar-refractivity contribution in [3.8, 4) is 11.4 Å². The van der Waals surface area contributed by atoms with Crippen LogP contribution in [-0.4, -0.2) is 30.8 Å². The normalized spacial score (nSPS) is 11.2. The van der Waals surface area contributed by atoms with E-state index >= 15 is 0 Å². The lowest BCUT2D eigenvalue weighted by Crippen LogP contribution is -2.14. The van der Waals surface area contributed by atoms with Gasteiger partial charge in [-0.2, -0.15) is 0 Å². The minimum atomic E-state index is -0.0854. The molecule has 2 aromatic heterocycles. The Labute approximate surface area is 181 Å². The second kappa shape index (κ2) is 8.10. The second-order valence-electron chi connectivity index (χ2n) is 6.48. The standard InChI is InChI=1S/C20H17Cl2N5OS/c1-26-8-7-23-20(26)29-11-18(28)24-13-5-3-12(4-6-13)19-25-16-9-14(21)15(22)10-17(16)27(19)2/h3-10H,11H2,1-2H3,(H,24,28). The zero-order chi connectivity index (χ0) is 20.5. The second-order valence-corrected chi connectivity index (χ2v) is 8.24. The van der Waals surface area contributed by atoms with Crippen LogP contribution in [0.3, 0.4) is 0 Å². The van der Waals surface area contributed by atoms with Crippen LogP contribution in [-0.2, 0) is 18.9 Å². The SMILES string of the molecule is Cn1ccnc1SCC(=O)Nc1ccc(-c2nc3cc(Cl)c(Cl)cc3n2C)cc1. The summed E-state index contributed by atoms with van der Waals surface area (Å²) < 4.78 is 3.85. The lowest BCUT2D eigenvalue weighted by molar-refractivity contribution is -0.113. The molecule has 0 spiro atoms. The van der Waals surface area contributed by atoms with Crippen LogP contribution in [0.4, 0.5) is 5.69 Å². The summed E-state index contributed by atoms with van der Waals surface area (Å²) in [6.07, 6.45) is 3.56. The number of anilines is 1. The third-order valence-electron chi connectivity index (χ3n) is 4.46. The van der Waals surface area contributed by atoms with Crippen LogP contribution in [0.25, 0.3) is 22.4 Å². The fourth-order valence-corrected chi connectivity index (χ4v) is 4.01. The highest BCUT2D eigenvalue weighted by Gasteiger charge is 2.13. The van der Waals surface area contributed by atoms with Gasteiger partial charge in [0.25, 0.3) is 0 Å². The van der Waals surface area contributed by atoms with Gasteiger partial charge in [-0.05, 0) is 36.4 Å². The number of aromatic nitrogens is 4. The average Bonchev–Trinajstić information content (AvgIpc) is 3.25. The Hall–Kier alpha value is -2.48. The van der Waals surface area contributed by atoms with Crippen LogP contribution < -0.4 is 5.32 Å². The van der Waals surface area contributed by atoms with E-state index in [0.29, 0.717) is 15.8 Å². The average molecular weight is 446 g/mol. The lowest BCUT2D eigenvalue weighted by atomic mass is 10.2. The van der Waals surface area contributed by atoms with E-state index in [-0.39, 0.29) is 5.91 Å². The molecule has 0 aliphatic heterocycles. The molecule has 1 N–H and O–H groups in total. The van der Waals surface area contributed by atoms with Gasteiger partial charge in [0.05, 0.1) is 26.8 Å². The molecule has 0 atom stereocenters. The molecule has 0 radical (unpaired) electrons. The van der Waals surface area contributed by atoms with Crippen molar-refractivity contribution in [2.24, 2.45) is 14.1 Å². The Kier molecular flexibility index (Phi) is 5.54. The predicted molar refractivity (Wildman–Crippen MR) is 119 cm³/mol. The molecule has 0 unspecified atom stereocenters. The van der Waals surface area contributed by atoms with Crippen molar-refractivity contribution in [1.82, 2.24) is 19.1 Å². The van der Waals surface area contributed by atoms with Crippen molar-refractivity contribution >= 4 is 57.6 Å². The number of carbonyl (C=O) groups is 1. The van der Waals surface area contributed by atoms with Gasteiger partial charge in [-0.3, -0.25) is 4.79 Å². The summed E-state index contributed by atoms with van der Waals surface area (Å²) in [6, 6.07) is 11.1. The molecule has 0 aliphatic rings. The molecule has 0 fully saturated rings. The zero-order valence-corrected chi connectivity index (χ0v) is 18.0. The van der Waals surface area contributed by atoms with Gasteiger partial charge >= 0.3 is 0 Å². The predicted octanol–water partition coefficient (Wildman–Crippen LogP) is 5.01. The van der Waals surface area contributed by atoms with Gasteiger partial charge in [-0.25, -0.2) is 9.97 Å². The van der Waals surface area contributed by atoms with E-state index in [2.05, 4.69) is 15.3 Å². The molecule has 2 aromatic carbocycles. The molecule has 148 valence electrons. The Morgan fingerprint density at radius 1 is 1.14 bits per heavy atom. The molecule has 1 amide bonds. The van der Waals surface area contributed by atoms with Crippen molar-refractivity contribution in [3.63, 3.8) is 0 Å². The summed E-state index contributed by atoms with van der Waals surface area (Å²) in [5.74, 6) is 0.998. The Balaban J connectivity index is 1.48. The largest absolute Gasteiger partial charge is 0.329 e. The number of thioether (sulfide) groups is 1. The van der Waals surface area contributed by atoms with Crippen molar-refractivity contribution in [1.29, 1.82) is 0 Å². The first-order valence-electron chi connectivity index (χ1n) is 8.74. The van der Waals surface area contributed by atoms with Crippen LogP contribution in [0.15, 0.2) is 53.9 Å². The van der Waals surface area contributed by atoms with E-state index in [0.717, 1.165) is 33.3 Å². The smallest absolute Gasteiger partial charge is 0.234 e. The summed E-state index contributed by atoms with van der Waals surface area (Å²) in [6.45, 7) is 0. The minimum absolute atomic E-state index is 0.0854. The van der Waals surface area contributed by atoms with Gasteiger partial charge in [0, 0.05) is 37.7 Å². The fourth-order valence-electron chi connectivity index (χ4n) is 2.97. The molecular formula is C20H17Cl2N5OS. The summed E-state index contributed by atoms with van der Waals surface area (Å²) in [4.78, 5) is 21.1. The zero-order valence-electron chi connectivity index (χ0n) is 15.7. The van der Waals surface area contributed by atoms with E-state index in [9.17, 15) is 4.79 Å². The van der Waals surface area contributed by atoms with Gasteiger partial charge in [0.2, 0.25) is 5.91 Å². The third kappa shape index (κ3) is 4.12. The van der Waals surface area contributed by atoms with Gasteiger partial charge in [0.15, 0.2) is 5.16 Å². The topological polar surface area (TPSA) is 64.7 Å². The Morgan fingerprint density at radius 2 is 1.86 bits per heavy atom. The van der Waals surface area contributed by atoms with Gasteiger partial charge in [-0.15, -0.1) is 0 Å². The van der Waals surface area contributed by atoms with E-state index in [1.54, 1.807) is 12.3 Å². The van der Waals surface area contributed by atoms with Gasteiger partial charge < -0.3 is 14.5 Å². The third-order valence-corrected chi connectivity index (χ3v) is 6.24. The quantitative estimate of drug-likeness (QED) is 0.438. The highest BCUT2D eigenvalue weighted by molar-refractivity contribution is 7.99. The van der Waals surface area contributed by atoms with Gasteiger partial charge in [0.1, 0.15) is 5.82 Å². The maximum absolute atomic E-state index is 12.2. The maximum Gasteiger partial charge on any atom is 0.234 e. The highest BCUT2D eigenvalue weighted by atomic mass is 35.5. The molecule has 9 heteroatoms. The summed E-state index contributed by atoms with van der Waals surface area (Å²) in [5, 5.41) is 4.68. The number of rotatable bonds is 5. The number of fused-ring (bicyclic) bond motifs is 1. The first-order chi connectivity index (χ1) is 13.9. The van der Waals surface area contributed by atoms with E-state index in [1.165, 1.54) is 11.8 Å². The number of nitrogens with one attached hydrogen (secondary N) is 1. The van der Waals surface area contributed by atoms with Crippen molar-refractivity contribution in [2.75, 3.05) is 11.1 Å². The molecule has 4 aromatic rings. The van der Waals surface area contributed by atoms with Gasteiger partial charge in [-0.1, -0.05) is 35.0 Å². The van der Waals surface area contributed by atoms with Crippen LogP contribution in [0.5, 0.6) is 0 Å². The molecule has 0 saturated heterocycles. The molecule has 0 bridgehead atoms. The summed E-state index contributed by atoms with van der Waals surface area (Å²) >= 11 is 13.6. The molecule has 29 heavy (non-hydrogen) atoms. The summed E-state index contributed by atoms with van der Waals surface area (Å²) in [7, 11) is 3.83. The molecule has 6 nitrogen and oxygen atoms in total. The number of benzene rings is 2. The van der Waals surface area contributed by atoms with Crippen LogP contribution >= 0.6 is 35.0 Å². The van der Waals surface area contributed by atoms with E-state index in [1.807, 2.05) is 59.8 Å². The van der Waals surface area contributed by atoms with E-state index in [4.69, 9.17) is 23.2 Å². The highest BCUT2D eigenvalue weighted by Crippen LogP contribution is 2.31. The monoisotopic (exact) mass is 445 g/mol. The van der Waals surface area contributed by atoms with Crippen LogP contribution in [0.1, 0.15) is 0 Å². The number of imidazole rings is 2. The number of hydrogen-bond donors (Lipinski definition) is 1. The molecular weight excluding hydrogens is 429 g/mol. The molecule has 0 saturated carbocycles. The number of carbonyl (C=O) groups excluding carboxylic acids is 1. The Bertz CT molecular complexity index is 1200. The van der Waals surface area contributed by atoms with Crippen LogP contribution in [0.2, 0.25) is 10.0 Å². The first-order valence-corrected chi connectivity index (χ1v) is 10.5. The maximum atomic E-state index is 12.2. The van der Waals surface area contributed by atoms with Crippen molar-refractivity contribution in [3.05, 3.63) is 58.8 Å². The number of hydrogen-bond acceptors (Lipinski definition) is 4. The number of aryl methyl sites for hydroxylation is 2.